The van der Waals surface area contributed by atoms with E-state index in [1.165, 1.54) is 18.6 Å². The summed E-state index contributed by atoms with van der Waals surface area (Å²) >= 11 is 0. The van der Waals surface area contributed by atoms with Gasteiger partial charge >= 0.3 is 0 Å². The minimum Gasteiger partial charge on any atom is -0.392 e. The molecule has 1 aromatic rings. The summed E-state index contributed by atoms with van der Waals surface area (Å²) in [7, 11) is 0. The Bertz CT molecular complexity index is 395. The Kier molecular flexibility index (Phi) is 4.17. The van der Waals surface area contributed by atoms with Crippen LogP contribution in [-0.4, -0.2) is 18.2 Å². The first kappa shape index (κ1) is 13.3. The maximum absolute atomic E-state index is 13.9. The molecule has 1 aliphatic carbocycles. The molecule has 1 aromatic carbocycles. The van der Waals surface area contributed by atoms with Crippen LogP contribution in [0, 0.1) is 17.6 Å². The molecule has 0 amide bonds. The number of benzene rings is 1. The summed E-state index contributed by atoms with van der Waals surface area (Å²) in [5.74, 6) is -0.610. The van der Waals surface area contributed by atoms with Gasteiger partial charge in [-0.2, -0.15) is 0 Å². The van der Waals surface area contributed by atoms with E-state index in [-0.39, 0.29) is 17.9 Å². The molecule has 4 heteroatoms. The zero-order chi connectivity index (χ0) is 13.1. The van der Waals surface area contributed by atoms with Crippen LogP contribution in [0.4, 0.5) is 14.5 Å². The van der Waals surface area contributed by atoms with Crippen molar-refractivity contribution in [3.05, 3.63) is 29.3 Å². The summed E-state index contributed by atoms with van der Waals surface area (Å²) < 4.78 is 27.8. The highest BCUT2D eigenvalue weighted by Gasteiger charge is 2.23. The molecule has 0 heterocycles. The molecule has 0 bridgehead atoms. The van der Waals surface area contributed by atoms with Crippen LogP contribution in [0.1, 0.15) is 31.7 Å². The molecule has 0 aliphatic heterocycles. The first-order valence-electron chi connectivity index (χ1n) is 6.49. The number of anilines is 1. The summed E-state index contributed by atoms with van der Waals surface area (Å²) in [5.41, 5.74) is 0.315. The van der Waals surface area contributed by atoms with Crippen molar-refractivity contribution in [3.63, 3.8) is 0 Å². The minimum atomic E-state index is -0.583. The minimum absolute atomic E-state index is 0.0431. The molecule has 1 N–H and O–H groups in total. The summed E-state index contributed by atoms with van der Waals surface area (Å²) in [6.45, 7) is 2.85. The largest absolute Gasteiger partial charge is 0.392 e. The smallest absolute Gasteiger partial charge is 0.149 e. The molecule has 18 heavy (non-hydrogen) atoms. The Labute approximate surface area is 106 Å². The van der Waals surface area contributed by atoms with Gasteiger partial charge in [0.1, 0.15) is 17.3 Å². The number of rotatable bonds is 5. The fraction of sp³-hybridized carbons (Fsp3) is 0.571. The van der Waals surface area contributed by atoms with Crippen LogP contribution in [0.25, 0.3) is 0 Å². The summed E-state index contributed by atoms with van der Waals surface area (Å²) in [4.78, 5) is 1.76. The van der Waals surface area contributed by atoms with Crippen LogP contribution >= 0.6 is 0 Å². The number of halogens is 2. The van der Waals surface area contributed by atoms with Crippen LogP contribution in [0.5, 0.6) is 0 Å². The number of hydrogen-bond donors (Lipinski definition) is 1. The molecule has 1 fully saturated rings. The van der Waals surface area contributed by atoms with Gasteiger partial charge in [0, 0.05) is 13.1 Å². The second-order valence-electron chi connectivity index (χ2n) is 4.90. The van der Waals surface area contributed by atoms with Crippen LogP contribution in [-0.2, 0) is 6.61 Å². The quantitative estimate of drug-likeness (QED) is 0.874. The zero-order valence-electron chi connectivity index (χ0n) is 10.6. The Hall–Kier alpha value is -1.16. The lowest BCUT2D eigenvalue weighted by molar-refractivity contribution is 0.280. The molecular formula is C14H19F2NO. The highest BCUT2D eigenvalue weighted by molar-refractivity contribution is 5.50. The number of aliphatic hydroxyl groups excluding tert-OH is 1. The highest BCUT2D eigenvalue weighted by atomic mass is 19.1. The Balaban J connectivity index is 2.23. The molecule has 1 aliphatic rings. The average Bonchev–Trinajstić information content (AvgIpc) is 2.29. The molecule has 1 saturated carbocycles. The van der Waals surface area contributed by atoms with Crippen molar-refractivity contribution >= 4 is 5.69 Å². The van der Waals surface area contributed by atoms with Crippen molar-refractivity contribution in [3.8, 4) is 0 Å². The zero-order valence-corrected chi connectivity index (χ0v) is 10.6. The molecule has 0 atom stereocenters. The van der Waals surface area contributed by atoms with Gasteiger partial charge in [-0.05, 0) is 43.4 Å². The normalized spacial score (nSPS) is 15.6. The Morgan fingerprint density at radius 3 is 2.28 bits per heavy atom. The van der Waals surface area contributed by atoms with Gasteiger partial charge in [0.25, 0.3) is 0 Å². The van der Waals surface area contributed by atoms with Crippen molar-refractivity contribution in [2.24, 2.45) is 5.92 Å². The molecule has 2 rings (SSSR count). The molecular weight excluding hydrogens is 236 g/mol. The van der Waals surface area contributed by atoms with Gasteiger partial charge in [-0.3, -0.25) is 0 Å². The van der Waals surface area contributed by atoms with Gasteiger partial charge in [-0.25, -0.2) is 8.78 Å². The monoisotopic (exact) mass is 255 g/mol. The van der Waals surface area contributed by atoms with E-state index in [1.54, 1.807) is 4.90 Å². The second-order valence-corrected chi connectivity index (χ2v) is 4.90. The lowest BCUT2D eigenvalue weighted by Gasteiger charge is -2.33. The predicted molar refractivity (Wildman–Crippen MR) is 67.5 cm³/mol. The van der Waals surface area contributed by atoms with Crippen molar-refractivity contribution < 1.29 is 13.9 Å². The number of hydrogen-bond acceptors (Lipinski definition) is 2. The molecule has 2 nitrogen and oxygen atoms in total. The van der Waals surface area contributed by atoms with E-state index in [2.05, 4.69) is 0 Å². The van der Waals surface area contributed by atoms with Crippen molar-refractivity contribution in [1.82, 2.24) is 0 Å². The maximum Gasteiger partial charge on any atom is 0.149 e. The van der Waals surface area contributed by atoms with E-state index in [0.29, 0.717) is 19.0 Å². The van der Waals surface area contributed by atoms with Crippen molar-refractivity contribution in [1.29, 1.82) is 0 Å². The van der Waals surface area contributed by atoms with Gasteiger partial charge in [0.15, 0.2) is 0 Å². The van der Waals surface area contributed by atoms with Crippen LogP contribution < -0.4 is 4.90 Å². The van der Waals surface area contributed by atoms with E-state index < -0.39 is 11.6 Å². The fourth-order valence-electron chi connectivity index (χ4n) is 2.38. The molecule has 0 saturated heterocycles. The third-order valence-electron chi connectivity index (χ3n) is 3.66. The van der Waals surface area contributed by atoms with Crippen LogP contribution in [0.3, 0.4) is 0 Å². The van der Waals surface area contributed by atoms with Gasteiger partial charge in [0.05, 0.1) is 6.61 Å². The van der Waals surface area contributed by atoms with Crippen LogP contribution in [0.15, 0.2) is 12.1 Å². The Morgan fingerprint density at radius 2 is 1.89 bits per heavy atom. The number of aliphatic hydroxyl groups is 1. The number of nitrogens with zero attached hydrogens (tertiary/aromatic N) is 1. The summed E-state index contributed by atoms with van der Waals surface area (Å²) in [6.07, 6.45) is 3.51. The SMILES string of the molecule is CCN(CC1CCC1)c1c(F)cc(CO)cc1F. The maximum atomic E-state index is 13.9. The van der Waals surface area contributed by atoms with E-state index >= 15 is 0 Å². The lowest BCUT2D eigenvalue weighted by atomic mass is 9.85. The first-order valence-corrected chi connectivity index (χ1v) is 6.49. The van der Waals surface area contributed by atoms with Crippen molar-refractivity contribution in [2.75, 3.05) is 18.0 Å². The van der Waals surface area contributed by atoms with E-state index in [4.69, 9.17) is 5.11 Å². The summed E-state index contributed by atoms with van der Waals surface area (Å²) in [5, 5.41) is 8.92. The molecule has 0 unspecified atom stereocenters. The third-order valence-corrected chi connectivity index (χ3v) is 3.66. The van der Waals surface area contributed by atoms with E-state index in [1.807, 2.05) is 6.92 Å². The lowest BCUT2D eigenvalue weighted by Crippen LogP contribution is -2.33. The van der Waals surface area contributed by atoms with Gasteiger partial charge in [-0.1, -0.05) is 6.42 Å². The van der Waals surface area contributed by atoms with E-state index in [9.17, 15) is 8.78 Å². The summed E-state index contributed by atoms with van der Waals surface area (Å²) in [6, 6.07) is 2.42. The van der Waals surface area contributed by atoms with Gasteiger partial charge < -0.3 is 10.0 Å². The van der Waals surface area contributed by atoms with Crippen LogP contribution in [0.2, 0.25) is 0 Å². The standard InChI is InChI=1S/C14H19F2NO/c1-2-17(8-10-4-3-5-10)14-12(15)6-11(9-18)7-13(14)16/h6-7,10,18H,2-5,8-9H2,1H3. The van der Waals surface area contributed by atoms with E-state index in [0.717, 1.165) is 12.8 Å². The van der Waals surface area contributed by atoms with Gasteiger partial charge in [0.2, 0.25) is 0 Å². The molecule has 0 aromatic heterocycles. The fourth-order valence-corrected chi connectivity index (χ4v) is 2.38. The molecule has 0 radical (unpaired) electrons. The third kappa shape index (κ3) is 2.64. The topological polar surface area (TPSA) is 23.5 Å². The second kappa shape index (κ2) is 5.65. The first-order chi connectivity index (χ1) is 8.65. The van der Waals surface area contributed by atoms with Gasteiger partial charge in [-0.15, -0.1) is 0 Å². The predicted octanol–water partition coefficient (Wildman–Crippen LogP) is 3.08. The highest BCUT2D eigenvalue weighted by Crippen LogP contribution is 2.31. The molecule has 0 spiro atoms. The average molecular weight is 255 g/mol. The molecule has 100 valence electrons. The Morgan fingerprint density at radius 1 is 1.28 bits per heavy atom. The van der Waals surface area contributed by atoms with Crippen molar-refractivity contribution in [2.45, 2.75) is 32.8 Å².